The number of methoxy groups -OCH3 is 1. The second-order valence-electron chi connectivity index (χ2n) is 4.12. The van der Waals surface area contributed by atoms with Gasteiger partial charge in [0.2, 0.25) is 0 Å². The number of hydrogen-bond acceptors (Lipinski definition) is 3. The van der Waals surface area contributed by atoms with Gasteiger partial charge in [-0.15, -0.1) is 0 Å². The van der Waals surface area contributed by atoms with Crippen molar-refractivity contribution in [2.45, 2.75) is 32.7 Å². The minimum absolute atomic E-state index is 0.151. The molecule has 1 rings (SSSR count). The van der Waals surface area contributed by atoms with Gasteiger partial charge in [-0.1, -0.05) is 13.3 Å². The van der Waals surface area contributed by atoms with Gasteiger partial charge in [-0.3, -0.25) is 4.79 Å². The monoisotopic (exact) mass is 236 g/mol. The highest BCUT2D eigenvalue weighted by atomic mass is 16.5. The molecule has 4 nitrogen and oxygen atoms in total. The molecule has 0 aliphatic carbocycles. The SMILES string of the molecule is CCCC(C)NC(=O)c1cc(OC)ccc1N. The van der Waals surface area contributed by atoms with Crippen molar-refractivity contribution < 1.29 is 9.53 Å². The Kier molecular flexibility index (Phi) is 4.82. The lowest BCUT2D eigenvalue weighted by atomic mass is 10.1. The third kappa shape index (κ3) is 3.66. The van der Waals surface area contributed by atoms with Crippen LogP contribution in [0.1, 0.15) is 37.0 Å². The van der Waals surface area contributed by atoms with Gasteiger partial charge in [0.25, 0.3) is 5.91 Å². The zero-order valence-electron chi connectivity index (χ0n) is 10.6. The summed E-state index contributed by atoms with van der Waals surface area (Å²) < 4.78 is 5.08. The molecule has 1 atom stereocenters. The maximum absolute atomic E-state index is 12.0. The summed E-state index contributed by atoms with van der Waals surface area (Å²) in [6.45, 7) is 4.07. The predicted molar refractivity (Wildman–Crippen MR) is 69.2 cm³/mol. The number of carbonyl (C=O) groups excluding carboxylic acids is 1. The minimum Gasteiger partial charge on any atom is -0.497 e. The zero-order chi connectivity index (χ0) is 12.8. The number of carbonyl (C=O) groups is 1. The molecular formula is C13H20N2O2. The number of nitrogens with two attached hydrogens (primary N) is 1. The number of hydrogen-bond donors (Lipinski definition) is 2. The lowest BCUT2D eigenvalue weighted by Crippen LogP contribution is -2.32. The van der Waals surface area contributed by atoms with Gasteiger partial charge < -0.3 is 15.8 Å². The first-order valence-electron chi connectivity index (χ1n) is 5.82. The van der Waals surface area contributed by atoms with Crippen LogP contribution in [-0.4, -0.2) is 19.1 Å². The van der Waals surface area contributed by atoms with Gasteiger partial charge in [0, 0.05) is 11.7 Å². The third-order valence-electron chi connectivity index (χ3n) is 2.60. The smallest absolute Gasteiger partial charge is 0.253 e. The van der Waals surface area contributed by atoms with E-state index in [0.717, 1.165) is 12.8 Å². The Morgan fingerprint density at radius 1 is 1.53 bits per heavy atom. The molecule has 1 amide bonds. The van der Waals surface area contributed by atoms with Gasteiger partial charge >= 0.3 is 0 Å². The largest absolute Gasteiger partial charge is 0.497 e. The Bertz CT molecular complexity index is 391. The summed E-state index contributed by atoms with van der Waals surface area (Å²) in [5.41, 5.74) is 6.71. The average molecular weight is 236 g/mol. The van der Waals surface area contributed by atoms with E-state index in [1.54, 1.807) is 25.3 Å². The molecule has 0 bridgehead atoms. The maximum Gasteiger partial charge on any atom is 0.253 e. The molecule has 0 fully saturated rings. The summed E-state index contributed by atoms with van der Waals surface area (Å²) in [5, 5.41) is 2.91. The quantitative estimate of drug-likeness (QED) is 0.770. The second kappa shape index (κ2) is 6.13. The average Bonchev–Trinajstić information content (AvgIpc) is 2.29. The van der Waals surface area contributed by atoms with E-state index in [1.807, 2.05) is 6.92 Å². The van der Waals surface area contributed by atoms with Crippen molar-refractivity contribution in [2.24, 2.45) is 0 Å². The number of nitrogens with one attached hydrogen (secondary N) is 1. The first-order chi connectivity index (χ1) is 8.08. The van der Waals surface area contributed by atoms with Crippen molar-refractivity contribution in [3.63, 3.8) is 0 Å². The van der Waals surface area contributed by atoms with Crippen LogP contribution in [0.5, 0.6) is 5.75 Å². The molecule has 0 aliphatic rings. The van der Waals surface area contributed by atoms with Gasteiger partial charge in [0.15, 0.2) is 0 Å². The van der Waals surface area contributed by atoms with Crippen LogP contribution < -0.4 is 15.8 Å². The van der Waals surface area contributed by atoms with Crippen molar-refractivity contribution in [3.05, 3.63) is 23.8 Å². The van der Waals surface area contributed by atoms with Crippen molar-refractivity contribution in [1.29, 1.82) is 0 Å². The van der Waals surface area contributed by atoms with E-state index in [0.29, 0.717) is 17.0 Å². The molecule has 0 saturated heterocycles. The molecule has 0 aliphatic heterocycles. The number of rotatable bonds is 5. The Balaban J connectivity index is 2.80. The fourth-order valence-electron chi connectivity index (χ4n) is 1.67. The Morgan fingerprint density at radius 3 is 2.82 bits per heavy atom. The van der Waals surface area contributed by atoms with E-state index in [2.05, 4.69) is 12.2 Å². The van der Waals surface area contributed by atoms with E-state index in [-0.39, 0.29) is 11.9 Å². The summed E-state index contributed by atoms with van der Waals surface area (Å²) >= 11 is 0. The minimum atomic E-state index is -0.151. The fourth-order valence-corrected chi connectivity index (χ4v) is 1.67. The molecule has 94 valence electrons. The molecule has 0 saturated carbocycles. The van der Waals surface area contributed by atoms with Crippen LogP contribution in [0.3, 0.4) is 0 Å². The van der Waals surface area contributed by atoms with Crippen molar-refractivity contribution in [2.75, 3.05) is 12.8 Å². The summed E-state index contributed by atoms with van der Waals surface area (Å²) in [6, 6.07) is 5.22. The van der Waals surface area contributed by atoms with Gasteiger partial charge in [0.05, 0.1) is 12.7 Å². The van der Waals surface area contributed by atoms with Gasteiger partial charge in [-0.05, 0) is 31.5 Å². The number of amides is 1. The summed E-state index contributed by atoms with van der Waals surface area (Å²) in [5.74, 6) is 0.481. The summed E-state index contributed by atoms with van der Waals surface area (Å²) in [6.07, 6.45) is 1.99. The van der Waals surface area contributed by atoms with Crippen LogP contribution in [0.15, 0.2) is 18.2 Å². The van der Waals surface area contributed by atoms with E-state index < -0.39 is 0 Å². The number of nitrogen functional groups attached to an aromatic ring is 1. The molecule has 4 heteroatoms. The molecule has 0 aromatic heterocycles. The van der Waals surface area contributed by atoms with Crippen LogP contribution >= 0.6 is 0 Å². The molecule has 0 heterocycles. The molecule has 0 radical (unpaired) electrons. The highest BCUT2D eigenvalue weighted by Crippen LogP contribution is 2.19. The highest BCUT2D eigenvalue weighted by molar-refractivity contribution is 5.99. The van der Waals surface area contributed by atoms with E-state index >= 15 is 0 Å². The van der Waals surface area contributed by atoms with Crippen molar-refractivity contribution in [1.82, 2.24) is 5.32 Å². The fraction of sp³-hybridized carbons (Fsp3) is 0.462. The van der Waals surface area contributed by atoms with Gasteiger partial charge in [-0.2, -0.15) is 0 Å². The first kappa shape index (κ1) is 13.4. The molecule has 17 heavy (non-hydrogen) atoms. The van der Waals surface area contributed by atoms with Crippen LogP contribution in [0, 0.1) is 0 Å². The molecule has 0 spiro atoms. The van der Waals surface area contributed by atoms with Crippen LogP contribution in [0.2, 0.25) is 0 Å². The maximum atomic E-state index is 12.0. The Morgan fingerprint density at radius 2 is 2.24 bits per heavy atom. The molecular weight excluding hydrogens is 216 g/mol. The number of ether oxygens (including phenoxy) is 1. The zero-order valence-corrected chi connectivity index (χ0v) is 10.6. The topological polar surface area (TPSA) is 64.3 Å². The molecule has 3 N–H and O–H groups in total. The lowest BCUT2D eigenvalue weighted by molar-refractivity contribution is 0.0939. The lowest BCUT2D eigenvalue weighted by Gasteiger charge is -2.14. The van der Waals surface area contributed by atoms with Gasteiger partial charge in [-0.25, -0.2) is 0 Å². The highest BCUT2D eigenvalue weighted by Gasteiger charge is 2.13. The second-order valence-corrected chi connectivity index (χ2v) is 4.12. The van der Waals surface area contributed by atoms with Crippen molar-refractivity contribution >= 4 is 11.6 Å². The molecule has 1 aromatic carbocycles. The van der Waals surface area contributed by atoms with Gasteiger partial charge in [0.1, 0.15) is 5.75 Å². The normalized spacial score (nSPS) is 11.9. The molecule has 1 unspecified atom stereocenters. The first-order valence-corrected chi connectivity index (χ1v) is 5.82. The van der Waals surface area contributed by atoms with Crippen molar-refractivity contribution in [3.8, 4) is 5.75 Å². The summed E-state index contributed by atoms with van der Waals surface area (Å²) in [4.78, 5) is 12.0. The predicted octanol–water partition coefficient (Wildman–Crippen LogP) is 2.20. The molecule has 1 aromatic rings. The van der Waals surface area contributed by atoms with E-state index in [9.17, 15) is 4.79 Å². The summed E-state index contributed by atoms with van der Waals surface area (Å²) in [7, 11) is 1.56. The Hall–Kier alpha value is -1.71. The number of anilines is 1. The van der Waals surface area contributed by atoms with Crippen LogP contribution in [0.4, 0.5) is 5.69 Å². The van der Waals surface area contributed by atoms with E-state index in [4.69, 9.17) is 10.5 Å². The van der Waals surface area contributed by atoms with E-state index in [1.165, 1.54) is 0 Å². The third-order valence-corrected chi connectivity index (χ3v) is 2.60. The van der Waals surface area contributed by atoms with Crippen LogP contribution in [-0.2, 0) is 0 Å². The Labute approximate surface area is 102 Å². The standard InChI is InChI=1S/C13H20N2O2/c1-4-5-9(2)15-13(16)11-8-10(17-3)6-7-12(11)14/h6-9H,4-5,14H2,1-3H3,(H,15,16). The number of benzene rings is 1. The van der Waals surface area contributed by atoms with Crippen LogP contribution in [0.25, 0.3) is 0 Å².